The normalized spacial score (nSPS) is 10.3. The maximum absolute atomic E-state index is 7.48. The second kappa shape index (κ2) is 11.2. The summed E-state index contributed by atoms with van der Waals surface area (Å²) in [6, 6.07) is 0. The van der Waals surface area contributed by atoms with Crippen LogP contribution in [0, 0.1) is 22.9 Å². The maximum atomic E-state index is 7.48. The number of methoxy groups -OCH3 is 1. The van der Waals surface area contributed by atoms with Crippen molar-refractivity contribution in [2.75, 3.05) is 31.9 Å². The molecule has 0 fully saturated rings. The average molecular weight is 231 g/mol. The predicted octanol–water partition coefficient (Wildman–Crippen LogP) is 1.94. The monoisotopic (exact) mass is 231 g/mol. The van der Waals surface area contributed by atoms with Crippen molar-refractivity contribution in [1.29, 1.82) is 10.5 Å². The molecule has 88 valence electrons. The molecule has 0 aliphatic rings. The molecule has 15 heavy (non-hydrogen) atoms. The Morgan fingerprint density at radius 1 is 1.07 bits per heavy atom. The zero-order valence-corrected chi connectivity index (χ0v) is 11.1. The summed E-state index contributed by atoms with van der Waals surface area (Å²) in [5.41, 5.74) is 0. The third-order valence-electron chi connectivity index (χ3n) is 2.81. The molecule has 0 heterocycles. The molecular formula is C10H22N3OP. The zero-order chi connectivity index (χ0) is 12.2. The molecule has 0 amide bonds. The van der Waals surface area contributed by atoms with Gasteiger partial charge in [-0.1, -0.05) is 0 Å². The van der Waals surface area contributed by atoms with Gasteiger partial charge < -0.3 is 0 Å². The Bertz CT molecular complexity index is 195. The van der Waals surface area contributed by atoms with Gasteiger partial charge in [0.05, 0.1) is 0 Å². The van der Waals surface area contributed by atoms with Crippen LogP contribution in [-0.4, -0.2) is 31.9 Å². The van der Waals surface area contributed by atoms with Gasteiger partial charge in [0.25, 0.3) is 0 Å². The Hall–Kier alpha value is -0.830. The molecule has 0 unspecified atom stereocenters. The molecule has 5 heteroatoms. The van der Waals surface area contributed by atoms with Crippen molar-refractivity contribution in [3.8, 4) is 12.4 Å². The fraction of sp³-hybridized carbons (Fsp3) is 0.800. The summed E-state index contributed by atoms with van der Waals surface area (Å²) >= 11 is 0. The minimum Gasteiger partial charge on any atom is -0.229 e. The van der Waals surface area contributed by atoms with Crippen LogP contribution in [0.1, 0.15) is 20.8 Å². The minimum atomic E-state index is -0.940. The fourth-order valence-corrected chi connectivity index (χ4v) is 4.11. The van der Waals surface area contributed by atoms with Gasteiger partial charge >= 0.3 is 64.7 Å². The Morgan fingerprint density at radius 2 is 1.47 bits per heavy atom. The fourth-order valence-electron chi connectivity index (χ4n) is 1.39. The number of rotatable bonds is 5. The van der Waals surface area contributed by atoms with E-state index < -0.39 is 7.26 Å². The van der Waals surface area contributed by atoms with Crippen molar-refractivity contribution >= 4 is 7.26 Å². The van der Waals surface area contributed by atoms with Crippen LogP contribution in [0.5, 0.6) is 0 Å². The van der Waals surface area contributed by atoms with E-state index in [1.807, 2.05) is 7.11 Å². The van der Waals surface area contributed by atoms with E-state index in [2.05, 4.69) is 20.8 Å². The van der Waals surface area contributed by atoms with Crippen molar-refractivity contribution in [2.24, 2.45) is 0 Å². The third kappa shape index (κ3) is 8.18. The molecule has 0 aliphatic carbocycles. The third-order valence-corrected chi connectivity index (χ3v) is 8.21. The molecule has 0 aliphatic heterocycles. The first-order chi connectivity index (χ1) is 7.16. The first kappa shape index (κ1) is 16.6. The van der Waals surface area contributed by atoms with Gasteiger partial charge in [-0.2, -0.15) is 10.5 Å². The van der Waals surface area contributed by atoms with Crippen LogP contribution in [0.2, 0.25) is 0 Å². The summed E-state index contributed by atoms with van der Waals surface area (Å²) in [5, 5.41) is 16.7. The van der Waals surface area contributed by atoms with Crippen molar-refractivity contribution in [1.82, 2.24) is 5.32 Å². The van der Waals surface area contributed by atoms with Crippen molar-refractivity contribution in [3.05, 3.63) is 0 Å². The maximum Gasteiger partial charge on any atom is 0.190 e. The largest absolute Gasteiger partial charge is 0.229 e. The summed E-state index contributed by atoms with van der Waals surface area (Å²) in [5.74, 6) is 0. The number of nitriles is 2. The van der Waals surface area contributed by atoms with Crippen molar-refractivity contribution in [2.45, 2.75) is 20.8 Å². The molecule has 0 saturated heterocycles. The van der Waals surface area contributed by atoms with Gasteiger partial charge in [0.1, 0.15) is 0 Å². The van der Waals surface area contributed by atoms with Gasteiger partial charge in [0.2, 0.25) is 0 Å². The van der Waals surface area contributed by atoms with Crippen LogP contribution in [-0.2, 0) is 4.74 Å². The summed E-state index contributed by atoms with van der Waals surface area (Å²) in [6.45, 7) is 6.91. The molecule has 0 atom stereocenters. The van der Waals surface area contributed by atoms with Gasteiger partial charge in [0, 0.05) is 0 Å². The van der Waals surface area contributed by atoms with Gasteiger partial charge in [-0.3, -0.25) is 0 Å². The van der Waals surface area contributed by atoms with E-state index in [1.165, 1.54) is 30.9 Å². The zero-order valence-electron chi connectivity index (χ0n) is 10.1. The van der Waals surface area contributed by atoms with Crippen LogP contribution in [0.3, 0.4) is 0 Å². The Balaban J connectivity index is 0. The van der Waals surface area contributed by atoms with Gasteiger partial charge in [0.15, 0.2) is 12.4 Å². The van der Waals surface area contributed by atoms with Crippen LogP contribution < -0.4 is 5.32 Å². The molecule has 0 saturated carbocycles. The number of hydrogen-bond acceptors (Lipinski definition) is 4. The standard InChI is InChI=1S/C8H21OP.C2HN3/c1-5-10(6-2,7-3)8-9-4;3-1-5-2-4/h10H,5-8H2,1-4H3;5H. The second-order valence-electron chi connectivity index (χ2n) is 3.34. The number of nitrogens with zero attached hydrogens (tertiary/aromatic N) is 2. The predicted molar refractivity (Wildman–Crippen MR) is 66.2 cm³/mol. The molecule has 0 spiro atoms. The van der Waals surface area contributed by atoms with Gasteiger partial charge in [-0.05, 0) is 0 Å². The summed E-state index contributed by atoms with van der Waals surface area (Å²) in [4.78, 5) is 0. The average Bonchev–Trinajstić information content (AvgIpc) is 2.28. The van der Waals surface area contributed by atoms with Gasteiger partial charge in [-0.25, -0.2) is 5.32 Å². The molecule has 0 aromatic carbocycles. The Kier molecular flexibility index (Phi) is 12.4. The van der Waals surface area contributed by atoms with Gasteiger partial charge in [-0.15, -0.1) is 0 Å². The Labute approximate surface area is 93.6 Å². The number of nitrogens with one attached hydrogen (secondary N) is 1. The van der Waals surface area contributed by atoms with E-state index in [1.54, 1.807) is 5.32 Å². The van der Waals surface area contributed by atoms with Crippen LogP contribution in [0.25, 0.3) is 0 Å². The van der Waals surface area contributed by atoms with E-state index in [-0.39, 0.29) is 0 Å². The molecule has 0 aromatic rings. The second-order valence-corrected chi connectivity index (χ2v) is 8.75. The van der Waals surface area contributed by atoms with E-state index in [0.717, 1.165) is 6.35 Å². The quantitative estimate of drug-likeness (QED) is 0.446. The molecule has 0 radical (unpaired) electrons. The van der Waals surface area contributed by atoms with E-state index in [4.69, 9.17) is 15.3 Å². The van der Waals surface area contributed by atoms with E-state index >= 15 is 0 Å². The molecule has 0 bridgehead atoms. The molecule has 4 nitrogen and oxygen atoms in total. The minimum absolute atomic E-state index is 0.940. The van der Waals surface area contributed by atoms with Crippen LogP contribution >= 0.6 is 7.26 Å². The topological polar surface area (TPSA) is 68.8 Å². The molecule has 0 aromatic heterocycles. The van der Waals surface area contributed by atoms with Crippen LogP contribution in [0.4, 0.5) is 0 Å². The van der Waals surface area contributed by atoms with Crippen molar-refractivity contribution in [3.63, 3.8) is 0 Å². The summed E-state index contributed by atoms with van der Waals surface area (Å²) in [7, 11) is 0.883. The molecule has 0 rings (SSSR count). The van der Waals surface area contributed by atoms with Crippen LogP contribution in [0.15, 0.2) is 0 Å². The summed E-state index contributed by atoms with van der Waals surface area (Å²) in [6.07, 6.45) is 7.97. The first-order valence-corrected chi connectivity index (χ1v) is 8.01. The number of hydrogen-bond donors (Lipinski definition) is 1. The van der Waals surface area contributed by atoms with E-state index in [0.29, 0.717) is 0 Å². The Morgan fingerprint density at radius 3 is 1.53 bits per heavy atom. The molecule has 1 N–H and O–H groups in total. The summed E-state index contributed by atoms with van der Waals surface area (Å²) < 4.78 is 5.24. The van der Waals surface area contributed by atoms with Crippen molar-refractivity contribution < 1.29 is 4.74 Å². The SMILES string of the molecule is CC[PH](CC)(CC)COC.N#CNC#N. The van der Waals surface area contributed by atoms with E-state index in [9.17, 15) is 0 Å². The first-order valence-electron chi connectivity index (χ1n) is 5.18. The molecular weight excluding hydrogens is 209 g/mol. The smallest absolute Gasteiger partial charge is 0.190 e. The number of ether oxygens (including phenoxy) is 1.